The molecule has 0 bridgehead atoms. The minimum atomic E-state index is -0.233. The zero-order valence-electron chi connectivity index (χ0n) is 13.2. The molecule has 0 fully saturated rings. The topological polar surface area (TPSA) is 76.0 Å². The number of hydrogen-bond donors (Lipinski definition) is 2. The molecule has 0 radical (unpaired) electrons. The molecule has 6 heteroatoms. The van der Waals surface area contributed by atoms with Crippen LogP contribution in [-0.4, -0.2) is 21.6 Å². The summed E-state index contributed by atoms with van der Waals surface area (Å²) in [5, 5.41) is 9.64. The molecule has 0 saturated carbocycles. The average molecular weight is 300 g/mol. The van der Waals surface area contributed by atoms with Crippen molar-refractivity contribution in [2.24, 2.45) is 13.0 Å². The van der Waals surface area contributed by atoms with E-state index in [0.29, 0.717) is 16.9 Å². The van der Waals surface area contributed by atoms with Crippen molar-refractivity contribution in [3.63, 3.8) is 0 Å². The number of aromatic nitrogens is 2. The van der Waals surface area contributed by atoms with Crippen LogP contribution in [0.4, 0.5) is 11.4 Å². The maximum atomic E-state index is 12.2. The highest BCUT2D eigenvalue weighted by atomic mass is 16.2. The summed E-state index contributed by atoms with van der Waals surface area (Å²) in [7, 11) is 1.75. The summed E-state index contributed by atoms with van der Waals surface area (Å²) in [5.74, 6) is -0.397. The molecule has 2 aromatic rings. The highest BCUT2D eigenvalue weighted by molar-refractivity contribution is 6.04. The summed E-state index contributed by atoms with van der Waals surface area (Å²) in [5.41, 5.74) is 2.72. The van der Waals surface area contributed by atoms with Gasteiger partial charge in [-0.1, -0.05) is 19.9 Å². The number of aryl methyl sites for hydroxylation is 2. The predicted octanol–water partition coefficient (Wildman–Crippen LogP) is 2.58. The summed E-state index contributed by atoms with van der Waals surface area (Å²) >= 11 is 0. The number of nitrogens with one attached hydrogen (secondary N) is 2. The molecule has 0 spiro atoms. The van der Waals surface area contributed by atoms with Crippen LogP contribution < -0.4 is 10.6 Å². The van der Waals surface area contributed by atoms with Gasteiger partial charge in [-0.15, -0.1) is 0 Å². The molecule has 0 unspecified atom stereocenters. The van der Waals surface area contributed by atoms with Crippen molar-refractivity contribution in [2.75, 3.05) is 10.6 Å². The van der Waals surface area contributed by atoms with E-state index in [1.54, 1.807) is 24.0 Å². The molecule has 6 nitrogen and oxygen atoms in total. The fourth-order valence-corrected chi connectivity index (χ4v) is 1.85. The van der Waals surface area contributed by atoms with Crippen molar-refractivity contribution >= 4 is 23.2 Å². The van der Waals surface area contributed by atoms with Crippen LogP contribution in [-0.2, 0) is 11.8 Å². The number of nitrogens with zero attached hydrogens (tertiary/aromatic N) is 2. The third-order valence-electron chi connectivity index (χ3n) is 3.24. The average Bonchev–Trinajstić information content (AvgIpc) is 2.89. The zero-order chi connectivity index (χ0) is 16.3. The molecular formula is C16H20N4O2. The predicted molar refractivity (Wildman–Crippen MR) is 85.8 cm³/mol. The third kappa shape index (κ3) is 3.72. The molecule has 2 N–H and O–H groups in total. The lowest BCUT2D eigenvalue weighted by Gasteiger charge is -2.12. The van der Waals surface area contributed by atoms with Crippen molar-refractivity contribution in [3.05, 3.63) is 41.7 Å². The number of carbonyl (C=O) groups excluding carboxylic acids is 2. The molecular weight excluding hydrogens is 280 g/mol. The molecule has 22 heavy (non-hydrogen) atoms. The smallest absolute Gasteiger partial charge is 0.258 e. The Kier molecular flexibility index (Phi) is 4.60. The second-order valence-corrected chi connectivity index (χ2v) is 5.53. The quantitative estimate of drug-likeness (QED) is 0.911. The number of carbonyl (C=O) groups is 2. The van der Waals surface area contributed by atoms with E-state index in [4.69, 9.17) is 0 Å². The first kappa shape index (κ1) is 15.8. The summed E-state index contributed by atoms with van der Waals surface area (Å²) < 4.78 is 1.57. The minimum absolute atomic E-state index is 0.0617. The minimum Gasteiger partial charge on any atom is -0.326 e. The van der Waals surface area contributed by atoms with Crippen molar-refractivity contribution in [2.45, 2.75) is 20.8 Å². The Bertz CT molecular complexity index is 704. The Morgan fingerprint density at radius 1 is 1.23 bits per heavy atom. The van der Waals surface area contributed by atoms with Gasteiger partial charge < -0.3 is 10.6 Å². The largest absolute Gasteiger partial charge is 0.326 e. The lowest BCUT2D eigenvalue weighted by atomic mass is 10.1. The fraction of sp³-hybridized carbons (Fsp3) is 0.312. The van der Waals surface area contributed by atoms with Crippen LogP contribution in [0.25, 0.3) is 0 Å². The molecule has 1 heterocycles. The number of anilines is 2. The van der Waals surface area contributed by atoms with E-state index in [1.807, 2.05) is 32.9 Å². The van der Waals surface area contributed by atoms with E-state index >= 15 is 0 Å². The Morgan fingerprint density at radius 2 is 1.95 bits per heavy atom. The van der Waals surface area contributed by atoms with Gasteiger partial charge in [0.2, 0.25) is 5.91 Å². The molecule has 116 valence electrons. The Morgan fingerprint density at radius 3 is 2.55 bits per heavy atom. The molecule has 0 aliphatic heterocycles. The van der Waals surface area contributed by atoms with E-state index in [2.05, 4.69) is 15.7 Å². The molecule has 0 saturated heterocycles. The molecule has 2 amide bonds. The summed E-state index contributed by atoms with van der Waals surface area (Å²) in [6.07, 6.45) is 3.16. The molecule has 1 aromatic heterocycles. The van der Waals surface area contributed by atoms with Gasteiger partial charge in [-0.2, -0.15) is 5.10 Å². The second kappa shape index (κ2) is 6.43. The molecule has 0 aliphatic carbocycles. The van der Waals surface area contributed by atoms with Gasteiger partial charge in [-0.25, -0.2) is 0 Å². The summed E-state index contributed by atoms with van der Waals surface area (Å²) in [6, 6.07) is 5.42. The van der Waals surface area contributed by atoms with Crippen molar-refractivity contribution in [3.8, 4) is 0 Å². The molecule has 0 atom stereocenters. The number of amides is 2. The van der Waals surface area contributed by atoms with Crippen LogP contribution in [0.15, 0.2) is 30.6 Å². The van der Waals surface area contributed by atoms with Crippen molar-refractivity contribution < 1.29 is 9.59 Å². The van der Waals surface area contributed by atoms with E-state index in [0.717, 1.165) is 5.56 Å². The van der Waals surface area contributed by atoms with Gasteiger partial charge in [-0.05, 0) is 24.6 Å². The van der Waals surface area contributed by atoms with E-state index in [-0.39, 0.29) is 17.7 Å². The van der Waals surface area contributed by atoms with Gasteiger partial charge in [-0.3, -0.25) is 14.3 Å². The van der Waals surface area contributed by atoms with E-state index in [9.17, 15) is 9.59 Å². The van der Waals surface area contributed by atoms with Crippen LogP contribution in [0.3, 0.4) is 0 Å². The third-order valence-corrected chi connectivity index (χ3v) is 3.24. The van der Waals surface area contributed by atoms with Crippen LogP contribution >= 0.6 is 0 Å². The fourth-order valence-electron chi connectivity index (χ4n) is 1.85. The Labute approximate surface area is 129 Å². The van der Waals surface area contributed by atoms with Crippen LogP contribution in [0.5, 0.6) is 0 Å². The first-order chi connectivity index (χ1) is 10.4. The second-order valence-electron chi connectivity index (χ2n) is 5.53. The van der Waals surface area contributed by atoms with Gasteiger partial charge in [0.05, 0.1) is 11.8 Å². The molecule has 2 rings (SSSR count). The maximum Gasteiger partial charge on any atom is 0.258 e. The molecule has 1 aromatic carbocycles. The van der Waals surface area contributed by atoms with E-state index in [1.165, 1.54) is 6.20 Å². The molecule has 0 aliphatic rings. The van der Waals surface area contributed by atoms with Crippen molar-refractivity contribution in [1.29, 1.82) is 0 Å². The zero-order valence-corrected chi connectivity index (χ0v) is 13.2. The highest BCUT2D eigenvalue weighted by Crippen LogP contribution is 2.21. The highest BCUT2D eigenvalue weighted by Gasteiger charge is 2.12. The SMILES string of the molecule is Cc1ccc(NC(=O)C(C)C)cc1NC(=O)c1cnn(C)c1. The maximum absolute atomic E-state index is 12.2. The van der Waals surface area contributed by atoms with E-state index < -0.39 is 0 Å². The van der Waals surface area contributed by atoms with Crippen LogP contribution in [0.1, 0.15) is 29.8 Å². The Hall–Kier alpha value is -2.63. The summed E-state index contributed by atoms with van der Waals surface area (Å²) in [4.78, 5) is 23.9. The summed E-state index contributed by atoms with van der Waals surface area (Å²) in [6.45, 7) is 5.55. The first-order valence-corrected chi connectivity index (χ1v) is 7.08. The van der Waals surface area contributed by atoms with Gasteiger partial charge in [0.15, 0.2) is 0 Å². The van der Waals surface area contributed by atoms with Crippen LogP contribution in [0, 0.1) is 12.8 Å². The van der Waals surface area contributed by atoms with Crippen LogP contribution in [0.2, 0.25) is 0 Å². The standard InChI is InChI=1S/C16H20N4O2/c1-10(2)15(21)18-13-6-5-11(3)14(7-13)19-16(22)12-8-17-20(4)9-12/h5-10H,1-4H3,(H,18,21)(H,19,22). The van der Waals surface area contributed by atoms with Gasteiger partial charge >= 0.3 is 0 Å². The van der Waals surface area contributed by atoms with Gasteiger partial charge in [0.25, 0.3) is 5.91 Å². The number of benzene rings is 1. The normalized spacial score (nSPS) is 10.6. The van der Waals surface area contributed by atoms with Crippen molar-refractivity contribution in [1.82, 2.24) is 9.78 Å². The number of hydrogen-bond acceptors (Lipinski definition) is 3. The van der Waals surface area contributed by atoms with Gasteiger partial charge in [0.1, 0.15) is 0 Å². The first-order valence-electron chi connectivity index (χ1n) is 7.08. The number of rotatable bonds is 4. The van der Waals surface area contributed by atoms with Gasteiger partial charge in [0, 0.05) is 30.5 Å². The monoisotopic (exact) mass is 300 g/mol. The lowest BCUT2D eigenvalue weighted by Crippen LogP contribution is -2.18. The Balaban J connectivity index is 2.16. The lowest BCUT2D eigenvalue weighted by molar-refractivity contribution is -0.118.